The molecule has 5 rings (SSSR count). The van der Waals surface area contributed by atoms with E-state index < -0.39 is 27.6 Å². The lowest BCUT2D eigenvalue weighted by Gasteiger charge is -2.22. The van der Waals surface area contributed by atoms with Crippen LogP contribution in [0.1, 0.15) is 37.5 Å². The number of H-pyrrole nitrogens is 1. The van der Waals surface area contributed by atoms with Crippen molar-refractivity contribution >= 4 is 20.7 Å². The lowest BCUT2D eigenvalue weighted by atomic mass is 10.1. The third-order valence-electron chi connectivity index (χ3n) is 5.97. The van der Waals surface area contributed by atoms with Gasteiger partial charge in [-0.2, -0.15) is 10.2 Å². The van der Waals surface area contributed by atoms with E-state index in [1.54, 1.807) is 19.2 Å². The van der Waals surface area contributed by atoms with Crippen molar-refractivity contribution in [2.24, 2.45) is 0 Å². The molecular weight excluding hydrogens is 450 g/mol. The molecule has 33 heavy (non-hydrogen) atoms. The maximum absolute atomic E-state index is 13.6. The summed E-state index contributed by atoms with van der Waals surface area (Å²) >= 11 is 0. The molecule has 1 aliphatic heterocycles. The quantitative estimate of drug-likeness (QED) is 0.459. The predicted octanol–water partition coefficient (Wildman–Crippen LogP) is 4.59. The summed E-state index contributed by atoms with van der Waals surface area (Å²) in [6.07, 6.45) is 4.12. The maximum Gasteiger partial charge on any atom is 0.150 e. The molecule has 0 bridgehead atoms. The van der Waals surface area contributed by atoms with Gasteiger partial charge < -0.3 is 4.74 Å². The van der Waals surface area contributed by atoms with Gasteiger partial charge in [-0.25, -0.2) is 17.2 Å². The zero-order valence-corrected chi connectivity index (χ0v) is 18.6. The number of sulfone groups is 1. The Balaban J connectivity index is 1.39. The van der Waals surface area contributed by atoms with Crippen molar-refractivity contribution in [2.75, 3.05) is 11.5 Å². The van der Waals surface area contributed by atoms with E-state index in [1.807, 2.05) is 23.0 Å². The monoisotopic (exact) mass is 472 g/mol. The summed E-state index contributed by atoms with van der Waals surface area (Å²) in [5.41, 5.74) is 2.69. The van der Waals surface area contributed by atoms with Crippen molar-refractivity contribution < 1.29 is 21.9 Å². The van der Waals surface area contributed by atoms with Crippen LogP contribution in [0, 0.1) is 11.6 Å². The van der Waals surface area contributed by atoms with Gasteiger partial charge in [-0.1, -0.05) is 0 Å². The Morgan fingerprint density at radius 3 is 2.58 bits per heavy atom. The molecule has 0 radical (unpaired) electrons. The van der Waals surface area contributed by atoms with Crippen LogP contribution in [0.4, 0.5) is 8.78 Å². The number of rotatable bonds is 5. The highest BCUT2D eigenvalue weighted by Crippen LogP contribution is 2.32. The first kappa shape index (κ1) is 21.6. The van der Waals surface area contributed by atoms with Gasteiger partial charge in [-0.3, -0.25) is 9.78 Å². The van der Waals surface area contributed by atoms with Crippen LogP contribution >= 0.6 is 0 Å². The van der Waals surface area contributed by atoms with Crippen molar-refractivity contribution in [3.8, 4) is 17.0 Å². The average molecular weight is 473 g/mol. The summed E-state index contributed by atoms with van der Waals surface area (Å²) in [6.45, 7) is 1.73. The molecule has 4 aromatic rings. The predicted molar refractivity (Wildman–Crippen MR) is 120 cm³/mol. The van der Waals surface area contributed by atoms with E-state index in [0.717, 1.165) is 22.5 Å². The first-order valence-electron chi connectivity index (χ1n) is 10.6. The molecule has 1 N–H and O–H groups in total. The standard InChI is InChI=1S/C23H22F2N4O3S/c1-14(15-8-17(24)10-18(25)9-15)32-20-2-3-22-21(11-20)23(28-27-22)16-12-26-29(13-16)19-4-6-33(30,31)7-5-19/h2-3,8-14,19H,4-7H2,1H3,(H,27,28)/t14-/m1/s1. The van der Waals surface area contributed by atoms with Crippen molar-refractivity contribution in [1.82, 2.24) is 20.0 Å². The molecule has 0 amide bonds. The second-order valence-electron chi connectivity index (χ2n) is 8.33. The van der Waals surface area contributed by atoms with Crippen molar-refractivity contribution in [3.63, 3.8) is 0 Å². The van der Waals surface area contributed by atoms with E-state index in [9.17, 15) is 17.2 Å². The van der Waals surface area contributed by atoms with Crippen LogP contribution in [0.5, 0.6) is 5.75 Å². The smallest absolute Gasteiger partial charge is 0.150 e. The zero-order valence-electron chi connectivity index (χ0n) is 17.8. The molecule has 172 valence electrons. The Kier molecular flexibility index (Phi) is 5.40. The molecule has 1 atom stereocenters. The number of aromatic amines is 1. The Labute approximate surface area is 189 Å². The molecule has 1 saturated heterocycles. The summed E-state index contributed by atoms with van der Waals surface area (Å²) < 4.78 is 58.3. The zero-order chi connectivity index (χ0) is 23.2. The molecule has 2 aromatic heterocycles. The van der Waals surface area contributed by atoms with Gasteiger partial charge >= 0.3 is 0 Å². The van der Waals surface area contributed by atoms with Crippen molar-refractivity contribution in [3.05, 3.63) is 66.0 Å². The topological polar surface area (TPSA) is 89.9 Å². The number of benzene rings is 2. The number of hydrogen-bond acceptors (Lipinski definition) is 5. The van der Waals surface area contributed by atoms with Crippen LogP contribution in [-0.2, 0) is 9.84 Å². The molecule has 10 heteroatoms. The summed E-state index contributed by atoms with van der Waals surface area (Å²) in [5.74, 6) is -0.424. The average Bonchev–Trinajstić information content (AvgIpc) is 3.40. The summed E-state index contributed by atoms with van der Waals surface area (Å²) in [7, 11) is -2.94. The normalized spacial score (nSPS) is 17.3. The molecule has 7 nitrogen and oxygen atoms in total. The van der Waals surface area contributed by atoms with Crippen LogP contribution in [0.2, 0.25) is 0 Å². The fourth-order valence-electron chi connectivity index (χ4n) is 4.17. The molecule has 3 heterocycles. The molecule has 0 unspecified atom stereocenters. The van der Waals surface area contributed by atoms with E-state index in [4.69, 9.17) is 4.74 Å². The number of nitrogens with zero attached hydrogens (tertiary/aromatic N) is 3. The van der Waals surface area contributed by atoms with Crippen LogP contribution in [0.3, 0.4) is 0 Å². The third kappa shape index (κ3) is 4.47. The lowest BCUT2D eigenvalue weighted by Crippen LogP contribution is -2.25. The van der Waals surface area contributed by atoms with Crippen LogP contribution < -0.4 is 4.74 Å². The van der Waals surface area contributed by atoms with E-state index in [2.05, 4.69) is 15.3 Å². The third-order valence-corrected chi connectivity index (χ3v) is 7.69. The van der Waals surface area contributed by atoms with Gasteiger partial charge in [0, 0.05) is 23.2 Å². The summed E-state index contributed by atoms with van der Waals surface area (Å²) in [6, 6.07) is 8.79. The Bertz CT molecular complexity index is 1400. The second kappa shape index (κ2) is 8.26. The molecule has 2 aromatic carbocycles. The minimum Gasteiger partial charge on any atom is -0.486 e. The summed E-state index contributed by atoms with van der Waals surface area (Å²) in [4.78, 5) is 0. The highest BCUT2D eigenvalue weighted by Gasteiger charge is 2.25. The lowest BCUT2D eigenvalue weighted by molar-refractivity contribution is 0.226. The Hall–Kier alpha value is -3.27. The van der Waals surface area contributed by atoms with Crippen LogP contribution in [0.15, 0.2) is 48.8 Å². The van der Waals surface area contributed by atoms with Crippen molar-refractivity contribution in [2.45, 2.75) is 31.9 Å². The van der Waals surface area contributed by atoms with Gasteiger partial charge in [-0.05, 0) is 55.7 Å². The van der Waals surface area contributed by atoms with E-state index in [1.165, 1.54) is 12.1 Å². The highest BCUT2D eigenvalue weighted by atomic mass is 32.2. The van der Waals surface area contributed by atoms with Gasteiger partial charge in [0.05, 0.1) is 29.3 Å². The van der Waals surface area contributed by atoms with E-state index in [0.29, 0.717) is 29.8 Å². The first-order valence-corrected chi connectivity index (χ1v) is 12.5. The molecular formula is C23H22F2N4O3S. The number of fused-ring (bicyclic) bond motifs is 1. The Morgan fingerprint density at radius 2 is 1.85 bits per heavy atom. The fraction of sp³-hybridized carbons (Fsp3) is 0.304. The molecule has 1 aliphatic rings. The van der Waals surface area contributed by atoms with Gasteiger partial charge in [0.15, 0.2) is 0 Å². The summed E-state index contributed by atoms with van der Waals surface area (Å²) in [5, 5.41) is 12.7. The molecule has 0 spiro atoms. The number of aromatic nitrogens is 4. The van der Waals surface area contributed by atoms with Crippen molar-refractivity contribution in [1.29, 1.82) is 0 Å². The van der Waals surface area contributed by atoms with Crippen LogP contribution in [-0.4, -0.2) is 39.9 Å². The number of halogens is 2. The minimum absolute atomic E-state index is 0.0406. The molecule has 0 aliphatic carbocycles. The minimum atomic E-state index is -2.94. The second-order valence-corrected chi connectivity index (χ2v) is 10.6. The maximum atomic E-state index is 13.6. The SMILES string of the molecule is C[C@@H](Oc1ccc2[nH]nc(-c3cnn(C4CCS(=O)(=O)CC4)c3)c2c1)c1cc(F)cc(F)c1. The van der Waals surface area contributed by atoms with Gasteiger partial charge in [0.1, 0.15) is 39.0 Å². The first-order chi connectivity index (χ1) is 15.8. The van der Waals surface area contributed by atoms with Crippen LogP contribution in [0.25, 0.3) is 22.2 Å². The van der Waals surface area contributed by atoms with Gasteiger partial charge in [0.2, 0.25) is 0 Å². The fourth-order valence-corrected chi connectivity index (χ4v) is 5.64. The van der Waals surface area contributed by atoms with Gasteiger partial charge in [-0.15, -0.1) is 0 Å². The Morgan fingerprint density at radius 1 is 1.12 bits per heavy atom. The van der Waals surface area contributed by atoms with E-state index >= 15 is 0 Å². The van der Waals surface area contributed by atoms with Gasteiger partial charge in [0.25, 0.3) is 0 Å². The number of hydrogen-bond donors (Lipinski definition) is 1. The number of nitrogens with one attached hydrogen (secondary N) is 1. The molecule has 1 fully saturated rings. The largest absolute Gasteiger partial charge is 0.486 e. The molecule has 0 saturated carbocycles. The highest BCUT2D eigenvalue weighted by molar-refractivity contribution is 7.91. The number of ether oxygens (including phenoxy) is 1. The van der Waals surface area contributed by atoms with E-state index in [-0.39, 0.29) is 17.5 Å².